The molecular formula is C11H14ClN3OS. The van der Waals surface area contributed by atoms with Crippen LogP contribution in [0.1, 0.15) is 23.4 Å². The van der Waals surface area contributed by atoms with Crippen LogP contribution in [-0.4, -0.2) is 33.8 Å². The first-order valence-electron chi connectivity index (χ1n) is 5.81. The fourth-order valence-corrected chi connectivity index (χ4v) is 3.91. The summed E-state index contributed by atoms with van der Waals surface area (Å²) < 4.78 is 0. The molecule has 2 N–H and O–H groups in total. The number of nitrogens with two attached hydrogens (primary N) is 1. The zero-order valence-corrected chi connectivity index (χ0v) is 10.9. The van der Waals surface area contributed by atoms with E-state index in [1.807, 2.05) is 4.90 Å². The molecule has 17 heavy (non-hydrogen) atoms. The van der Waals surface area contributed by atoms with Crippen molar-refractivity contribution in [3.05, 3.63) is 10.6 Å². The predicted octanol–water partition coefficient (Wildman–Crippen LogP) is 1.42. The monoisotopic (exact) mass is 271 g/mol. The minimum absolute atomic E-state index is 0.0181. The van der Waals surface area contributed by atoms with Crippen LogP contribution >= 0.6 is 22.9 Å². The molecule has 4 nitrogen and oxygen atoms in total. The highest BCUT2D eigenvalue weighted by Crippen LogP contribution is 2.32. The minimum Gasteiger partial charge on any atom is -0.375 e. The Morgan fingerprint density at radius 1 is 1.47 bits per heavy atom. The molecule has 2 aliphatic rings. The minimum atomic E-state index is -0.0181. The third-order valence-electron chi connectivity index (χ3n) is 3.48. The van der Waals surface area contributed by atoms with Crippen LogP contribution in [-0.2, 0) is 17.6 Å². The highest BCUT2D eigenvalue weighted by molar-refractivity contribution is 7.15. The van der Waals surface area contributed by atoms with Gasteiger partial charge in [0, 0.05) is 30.3 Å². The number of hydrogen-bond donors (Lipinski definition) is 1. The summed E-state index contributed by atoms with van der Waals surface area (Å²) in [6.45, 7) is 0.689. The Kier molecular flexibility index (Phi) is 2.75. The number of fused-ring (bicyclic) bond motifs is 1. The number of nitrogens with zero attached hydrogens (tertiary/aromatic N) is 2. The number of anilines is 1. The fraction of sp³-hybridized carbons (Fsp3) is 0.636. The standard InChI is InChI=1S/C11H14ClN3OS/c12-6-3-10(16)15(5-6)7-1-2-8-9(4-7)17-11(13)14-8/h6-7H,1-5H2,(H2,13,14)/t6?,7-/m0/s1. The first kappa shape index (κ1) is 11.3. The number of aromatic nitrogens is 1. The molecule has 0 spiro atoms. The quantitative estimate of drug-likeness (QED) is 0.786. The van der Waals surface area contributed by atoms with Crippen LogP contribution in [0.25, 0.3) is 0 Å². The lowest BCUT2D eigenvalue weighted by Gasteiger charge is -2.30. The van der Waals surface area contributed by atoms with Gasteiger partial charge in [0.25, 0.3) is 0 Å². The van der Waals surface area contributed by atoms with Crippen molar-refractivity contribution >= 4 is 34.0 Å². The molecule has 3 rings (SSSR count). The zero-order valence-electron chi connectivity index (χ0n) is 9.36. The Hall–Kier alpha value is -0.810. The fourth-order valence-electron chi connectivity index (χ4n) is 2.68. The summed E-state index contributed by atoms with van der Waals surface area (Å²) in [6, 6.07) is 0.290. The van der Waals surface area contributed by atoms with Crippen LogP contribution < -0.4 is 5.73 Å². The van der Waals surface area contributed by atoms with Gasteiger partial charge in [0.05, 0.1) is 11.1 Å². The summed E-state index contributed by atoms with van der Waals surface area (Å²) in [7, 11) is 0. The maximum atomic E-state index is 11.8. The van der Waals surface area contributed by atoms with Gasteiger partial charge in [-0.2, -0.15) is 0 Å². The largest absolute Gasteiger partial charge is 0.375 e. The van der Waals surface area contributed by atoms with E-state index in [0.29, 0.717) is 24.1 Å². The molecule has 1 unspecified atom stereocenters. The Morgan fingerprint density at radius 3 is 3.00 bits per heavy atom. The third kappa shape index (κ3) is 2.02. The summed E-state index contributed by atoms with van der Waals surface area (Å²) in [4.78, 5) is 19.3. The molecule has 0 bridgehead atoms. The Morgan fingerprint density at radius 2 is 2.29 bits per heavy atom. The summed E-state index contributed by atoms with van der Waals surface area (Å²) in [5.41, 5.74) is 6.84. The van der Waals surface area contributed by atoms with Crippen LogP contribution in [0.4, 0.5) is 5.13 Å². The van der Waals surface area contributed by atoms with E-state index in [4.69, 9.17) is 17.3 Å². The summed E-state index contributed by atoms with van der Waals surface area (Å²) in [5, 5.41) is 0.619. The predicted molar refractivity (Wildman–Crippen MR) is 68.3 cm³/mol. The van der Waals surface area contributed by atoms with Gasteiger partial charge in [-0.25, -0.2) is 4.98 Å². The van der Waals surface area contributed by atoms with E-state index in [-0.39, 0.29) is 11.3 Å². The van der Waals surface area contributed by atoms with Crippen LogP contribution in [0.15, 0.2) is 0 Å². The van der Waals surface area contributed by atoms with Gasteiger partial charge in [-0.1, -0.05) is 0 Å². The van der Waals surface area contributed by atoms with Crippen molar-refractivity contribution in [3.63, 3.8) is 0 Å². The zero-order chi connectivity index (χ0) is 12.0. The van der Waals surface area contributed by atoms with E-state index in [9.17, 15) is 4.79 Å². The van der Waals surface area contributed by atoms with E-state index in [1.54, 1.807) is 11.3 Å². The lowest BCUT2D eigenvalue weighted by molar-refractivity contribution is -0.129. The molecule has 1 aliphatic heterocycles. The summed E-state index contributed by atoms with van der Waals surface area (Å²) in [5.74, 6) is 0.191. The van der Waals surface area contributed by atoms with Gasteiger partial charge in [0.1, 0.15) is 0 Å². The van der Waals surface area contributed by atoms with Crippen LogP contribution in [0.3, 0.4) is 0 Å². The number of likely N-dealkylation sites (tertiary alicyclic amines) is 1. The molecule has 1 fully saturated rings. The van der Waals surface area contributed by atoms with E-state index in [0.717, 1.165) is 25.0 Å². The first-order valence-corrected chi connectivity index (χ1v) is 7.06. The molecule has 1 aromatic heterocycles. The molecule has 0 aromatic carbocycles. The number of halogens is 1. The maximum Gasteiger partial charge on any atom is 0.224 e. The van der Waals surface area contributed by atoms with Crippen molar-refractivity contribution in [2.75, 3.05) is 12.3 Å². The number of alkyl halides is 1. The molecule has 1 aromatic rings. The lowest BCUT2D eigenvalue weighted by Crippen LogP contribution is -2.40. The van der Waals surface area contributed by atoms with Crippen molar-refractivity contribution in [3.8, 4) is 0 Å². The Balaban J connectivity index is 1.77. The molecule has 1 saturated heterocycles. The molecule has 6 heteroatoms. The lowest BCUT2D eigenvalue weighted by atomic mass is 9.96. The van der Waals surface area contributed by atoms with E-state index < -0.39 is 0 Å². The highest BCUT2D eigenvalue weighted by Gasteiger charge is 2.35. The second-order valence-electron chi connectivity index (χ2n) is 4.67. The first-order chi connectivity index (χ1) is 8.13. The molecule has 1 amide bonds. The maximum absolute atomic E-state index is 11.8. The number of carbonyl (C=O) groups is 1. The summed E-state index contributed by atoms with van der Waals surface area (Å²) >= 11 is 7.58. The Bertz CT molecular complexity index is 462. The topological polar surface area (TPSA) is 59.2 Å². The molecular weight excluding hydrogens is 258 g/mol. The van der Waals surface area contributed by atoms with E-state index in [1.165, 1.54) is 4.88 Å². The molecule has 2 heterocycles. The van der Waals surface area contributed by atoms with Gasteiger partial charge in [-0.15, -0.1) is 22.9 Å². The van der Waals surface area contributed by atoms with Crippen LogP contribution in [0.2, 0.25) is 0 Å². The van der Waals surface area contributed by atoms with Crippen LogP contribution in [0.5, 0.6) is 0 Å². The van der Waals surface area contributed by atoms with Crippen molar-refractivity contribution in [1.29, 1.82) is 0 Å². The van der Waals surface area contributed by atoms with Gasteiger partial charge >= 0.3 is 0 Å². The van der Waals surface area contributed by atoms with Gasteiger partial charge in [-0.3, -0.25) is 4.79 Å². The van der Waals surface area contributed by atoms with Crippen molar-refractivity contribution in [2.24, 2.45) is 0 Å². The van der Waals surface area contributed by atoms with Gasteiger partial charge < -0.3 is 10.6 Å². The Labute approximate surface area is 109 Å². The molecule has 2 atom stereocenters. The van der Waals surface area contributed by atoms with Crippen LogP contribution in [0, 0.1) is 0 Å². The average Bonchev–Trinajstić information content (AvgIpc) is 2.78. The van der Waals surface area contributed by atoms with Crippen molar-refractivity contribution in [1.82, 2.24) is 9.88 Å². The van der Waals surface area contributed by atoms with Crippen molar-refractivity contribution in [2.45, 2.75) is 37.1 Å². The molecule has 0 saturated carbocycles. The number of amides is 1. The molecule has 1 aliphatic carbocycles. The highest BCUT2D eigenvalue weighted by atomic mass is 35.5. The number of carbonyl (C=O) groups excluding carboxylic acids is 1. The molecule has 92 valence electrons. The molecule has 0 radical (unpaired) electrons. The second-order valence-corrected chi connectivity index (χ2v) is 6.40. The number of thiazole rings is 1. The SMILES string of the molecule is Nc1nc2c(s1)C[C@@H](N1CC(Cl)CC1=O)CC2. The van der Waals surface area contributed by atoms with Gasteiger partial charge in [-0.05, 0) is 12.8 Å². The van der Waals surface area contributed by atoms with E-state index >= 15 is 0 Å². The average molecular weight is 272 g/mol. The van der Waals surface area contributed by atoms with Gasteiger partial charge in [0.2, 0.25) is 5.91 Å². The third-order valence-corrected chi connectivity index (χ3v) is 4.72. The van der Waals surface area contributed by atoms with E-state index in [2.05, 4.69) is 4.98 Å². The number of hydrogen-bond acceptors (Lipinski definition) is 4. The summed E-state index contributed by atoms with van der Waals surface area (Å²) in [6.07, 6.45) is 3.27. The number of rotatable bonds is 1. The number of aryl methyl sites for hydroxylation is 1. The second kappa shape index (κ2) is 4.14. The normalized spacial score (nSPS) is 28.5. The van der Waals surface area contributed by atoms with Crippen molar-refractivity contribution < 1.29 is 4.79 Å². The number of nitrogen functional groups attached to an aromatic ring is 1. The van der Waals surface area contributed by atoms with Gasteiger partial charge in [0.15, 0.2) is 5.13 Å². The smallest absolute Gasteiger partial charge is 0.224 e.